The molecule has 1 aromatic rings. The normalized spacial score (nSPS) is 26.2. The summed E-state index contributed by atoms with van der Waals surface area (Å²) in [6.07, 6.45) is 9.67. The van der Waals surface area contributed by atoms with Crippen molar-refractivity contribution in [3.8, 4) is 5.75 Å². The summed E-state index contributed by atoms with van der Waals surface area (Å²) in [4.78, 5) is 0. The maximum atomic E-state index is 5.62. The lowest BCUT2D eigenvalue weighted by atomic mass is 9.85. The van der Waals surface area contributed by atoms with Crippen LogP contribution in [-0.4, -0.2) is 36.8 Å². The molecule has 108 valence electrons. The first-order valence-corrected chi connectivity index (χ1v) is 8.23. The number of ether oxygens (including phenoxy) is 1. The summed E-state index contributed by atoms with van der Waals surface area (Å²) in [5.74, 6) is 1.12. The Kier molecular flexibility index (Phi) is 2.85. The van der Waals surface area contributed by atoms with E-state index in [2.05, 4.69) is 25.2 Å². The van der Waals surface area contributed by atoms with Gasteiger partial charge in [-0.2, -0.15) is 0 Å². The van der Waals surface area contributed by atoms with Crippen molar-refractivity contribution < 1.29 is 9.22 Å². The molecule has 0 N–H and O–H groups in total. The zero-order chi connectivity index (χ0) is 13.7. The molecule has 4 rings (SSSR count). The van der Waals surface area contributed by atoms with Gasteiger partial charge in [-0.3, -0.25) is 0 Å². The lowest BCUT2D eigenvalue weighted by Crippen LogP contribution is -2.57. The van der Waals surface area contributed by atoms with Crippen molar-refractivity contribution in [1.82, 2.24) is 0 Å². The third kappa shape index (κ3) is 1.88. The summed E-state index contributed by atoms with van der Waals surface area (Å²) in [5.41, 5.74) is 3.02. The van der Waals surface area contributed by atoms with Crippen LogP contribution >= 0.6 is 0 Å². The number of hydrogen-bond acceptors (Lipinski definition) is 1. The number of quaternary nitrogens is 1. The number of likely N-dealkylation sites (N-methyl/N-ethyl adjacent to an activating group) is 1. The van der Waals surface area contributed by atoms with Gasteiger partial charge in [-0.25, -0.2) is 0 Å². The van der Waals surface area contributed by atoms with Crippen LogP contribution in [0.4, 0.5) is 0 Å². The van der Waals surface area contributed by atoms with Crippen LogP contribution in [0.2, 0.25) is 0 Å². The molecule has 2 nitrogen and oxygen atoms in total. The number of fused-ring (bicyclic) bond motifs is 1. The molecule has 0 saturated heterocycles. The Balaban J connectivity index is 1.65. The average molecular weight is 272 g/mol. The fourth-order valence-electron chi connectivity index (χ4n) is 4.56. The van der Waals surface area contributed by atoms with Crippen LogP contribution in [0, 0.1) is 0 Å². The molecule has 2 heteroatoms. The van der Waals surface area contributed by atoms with Crippen LogP contribution in [0.1, 0.15) is 43.2 Å². The highest BCUT2D eigenvalue weighted by Crippen LogP contribution is 2.48. The first-order valence-electron chi connectivity index (χ1n) is 8.23. The summed E-state index contributed by atoms with van der Waals surface area (Å²) >= 11 is 0. The van der Waals surface area contributed by atoms with Crippen LogP contribution in [0.5, 0.6) is 5.75 Å². The third-order valence-electron chi connectivity index (χ3n) is 6.09. The Morgan fingerprint density at radius 1 is 1.00 bits per heavy atom. The largest absolute Gasteiger partial charge is 0.496 e. The van der Waals surface area contributed by atoms with Crippen LogP contribution in [-0.2, 0) is 12.8 Å². The van der Waals surface area contributed by atoms with Gasteiger partial charge in [0.15, 0.2) is 0 Å². The van der Waals surface area contributed by atoms with Gasteiger partial charge >= 0.3 is 0 Å². The molecule has 1 aromatic carbocycles. The summed E-state index contributed by atoms with van der Waals surface area (Å²) in [6, 6.07) is 9.33. The molecule has 2 saturated carbocycles. The Labute approximate surface area is 122 Å². The summed E-state index contributed by atoms with van der Waals surface area (Å²) in [7, 11) is 4.37. The number of aryl methyl sites for hydroxylation is 1. The van der Waals surface area contributed by atoms with E-state index in [-0.39, 0.29) is 0 Å². The fraction of sp³-hybridized carbons (Fsp3) is 0.667. The van der Waals surface area contributed by atoms with Crippen LogP contribution in [0.25, 0.3) is 0 Å². The molecule has 3 aliphatic carbocycles. The lowest BCUT2D eigenvalue weighted by molar-refractivity contribution is -0.954. The number of methoxy groups -OCH3 is 1. The van der Waals surface area contributed by atoms with Crippen molar-refractivity contribution in [2.24, 2.45) is 0 Å². The van der Waals surface area contributed by atoms with Crippen LogP contribution in [0.15, 0.2) is 18.2 Å². The van der Waals surface area contributed by atoms with Gasteiger partial charge < -0.3 is 9.22 Å². The molecule has 0 heterocycles. The minimum absolute atomic E-state index is 0.818. The highest BCUT2D eigenvalue weighted by atomic mass is 16.5. The summed E-state index contributed by atoms with van der Waals surface area (Å²) in [6.45, 7) is 0. The van der Waals surface area contributed by atoms with E-state index in [1.54, 1.807) is 0 Å². The molecule has 0 aliphatic heterocycles. The predicted molar refractivity (Wildman–Crippen MR) is 81.0 cm³/mol. The van der Waals surface area contributed by atoms with Crippen molar-refractivity contribution >= 4 is 0 Å². The maximum absolute atomic E-state index is 5.62. The molecule has 0 bridgehead atoms. The smallest absolute Gasteiger partial charge is 0.122 e. The van der Waals surface area contributed by atoms with E-state index < -0.39 is 0 Å². The molecule has 20 heavy (non-hydrogen) atoms. The second-order valence-corrected chi connectivity index (χ2v) is 7.18. The topological polar surface area (TPSA) is 9.23 Å². The average Bonchev–Trinajstić information content (AvgIpc) is 3.36. The van der Waals surface area contributed by atoms with E-state index in [1.807, 2.05) is 7.11 Å². The lowest BCUT2D eigenvalue weighted by Gasteiger charge is -2.45. The fourth-order valence-corrected chi connectivity index (χ4v) is 4.56. The van der Waals surface area contributed by atoms with Crippen LogP contribution in [0.3, 0.4) is 0 Å². The summed E-state index contributed by atoms with van der Waals surface area (Å²) < 4.78 is 6.99. The van der Waals surface area contributed by atoms with Crippen molar-refractivity contribution in [2.75, 3.05) is 14.2 Å². The first kappa shape index (κ1) is 12.7. The van der Waals surface area contributed by atoms with Gasteiger partial charge in [-0.1, -0.05) is 12.1 Å². The van der Waals surface area contributed by atoms with E-state index in [4.69, 9.17) is 4.74 Å². The van der Waals surface area contributed by atoms with Gasteiger partial charge in [-0.05, 0) is 18.1 Å². The van der Waals surface area contributed by atoms with E-state index in [1.165, 1.54) is 60.6 Å². The number of hydrogen-bond donors (Lipinski definition) is 0. The molecule has 3 aliphatic rings. The Morgan fingerprint density at radius 3 is 2.30 bits per heavy atom. The molecule has 2 fully saturated rings. The molecule has 0 spiro atoms. The zero-order valence-electron chi connectivity index (χ0n) is 12.8. The summed E-state index contributed by atoms with van der Waals surface area (Å²) in [5, 5.41) is 0. The minimum atomic E-state index is 0.818. The van der Waals surface area contributed by atoms with E-state index in [0.29, 0.717) is 0 Å². The van der Waals surface area contributed by atoms with Crippen molar-refractivity contribution in [2.45, 2.75) is 63.1 Å². The Hall–Kier alpha value is -1.02. The third-order valence-corrected chi connectivity index (χ3v) is 6.09. The number of rotatable bonds is 4. The molecular formula is C18H26NO+. The quantitative estimate of drug-likeness (QED) is 0.764. The van der Waals surface area contributed by atoms with Gasteiger partial charge in [0.2, 0.25) is 0 Å². The van der Waals surface area contributed by atoms with Gasteiger partial charge in [0.05, 0.1) is 32.3 Å². The predicted octanol–water partition coefficient (Wildman–Crippen LogP) is 3.32. The Bertz CT molecular complexity index is 490. The molecule has 1 unspecified atom stereocenters. The van der Waals surface area contributed by atoms with Crippen LogP contribution < -0.4 is 4.74 Å². The van der Waals surface area contributed by atoms with Crippen molar-refractivity contribution in [1.29, 1.82) is 0 Å². The second-order valence-electron chi connectivity index (χ2n) is 7.18. The van der Waals surface area contributed by atoms with Crippen molar-refractivity contribution in [3.63, 3.8) is 0 Å². The molecule has 0 amide bonds. The highest BCUT2D eigenvalue weighted by Gasteiger charge is 2.55. The van der Waals surface area contributed by atoms with Gasteiger partial charge in [0.25, 0.3) is 0 Å². The molecule has 0 radical (unpaired) electrons. The first-order chi connectivity index (χ1) is 9.73. The highest BCUT2D eigenvalue weighted by molar-refractivity contribution is 5.42. The second kappa shape index (κ2) is 4.49. The number of nitrogens with zero attached hydrogens (tertiary/aromatic N) is 1. The van der Waals surface area contributed by atoms with E-state index in [0.717, 1.165) is 23.9 Å². The van der Waals surface area contributed by atoms with Gasteiger partial charge in [-0.15, -0.1) is 0 Å². The van der Waals surface area contributed by atoms with Gasteiger partial charge in [0, 0.05) is 44.1 Å². The Morgan fingerprint density at radius 2 is 1.70 bits per heavy atom. The molecule has 1 atom stereocenters. The molecule has 0 aromatic heterocycles. The zero-order valence-corrected chi connectivity index (χ0v) is 12.8. The monoisotopic (exact) mass is 272 g/mol. The SMILES string of the molecule is COc1cccc2c1CC([N+](C)(C1CC1)C1CC1)CC2. The molecular weight excluding hydrogens is 246 g/mol. The maximum Gasteiger partial charge on any atom is 0.122 e. The standard InChI is InChI=1S/C18H26NO/c1-19(14-8-9-14,15-10-11-15)16-7-6-13-4-3-5-18(20-2)17(13)12-16/h3-5,14-16H,6-12H2,1-2H3/q+1. The number of benzene rings is 1. The van der Waals surface area contributed by atoms with E-state index in [9.17, 15) is 0 Å². The van der Waals surface area contributed by atoms with E-state index >= 15 is 0 Å². The minimum Gasteiger partial charge on any atom is -0.496 e. The van der Waals surface area contributed by atoms with Gasteiger partial charge in [0.1, 0.15) is 5.75 Å². The van der Waals surface area contributed by atoms with Crippen molar-refractivity contribution in [3.05, 3.63) is 29.3 Å².